The fourth-order valence-electron chi connectivity index (χ4n) is 1.45. The molecule has 2 rings (SSSR count). The molecular weight excluding hydrogens is 200 g/mol. The molecule has 1 aromatic rings. The van der Waals surface area contributed by atoms with Gasteiger partial charge in [0.1, 0.15) is 0 Å². The fourth-order valence-corrected chi connectivity index (χ4v) is 1.45. The Morgan fingerprint density at radius 3 is 2.50 bits per heavy atom. The van der Waals surface area contributed by atoms with Crippen molar-refractivity contribution >= 4 is 5.91 Å². The van der Waals surface area contributed by atoms with E-state index in [0.29, 0.717) is 12.5 Å². The second-order valence-corrected chi connectivity index (χ2v) is 3.59. The van der Waals surface area contributed by atoms with E-state index >= 15 is 0 Å². The van der Waals surface area contributed by atoms with Crippen molar-refractivity contribution in [2.75, 3.05) is 13.1 Å². The molecule has 3 heteroatoms. The van der Waals surface area contributed by atoms with Gasteiger partial charge in [-0.1, -0.05) is 44.2 Å². The van der Waals surface area contributed by atoms with Crippen molar-refractivity contribution in [1.82, 2.24) is 10.6 Å². The molecule has 0 atom stereocenters. The van der Waals surface area contributed by atoms with Crippen molar-refractivity contribution in [1.29, 1.82) is 0 Å². The summed E-state index contributed by atoms with van der Waals surface area (Å²) in [7, 11) is 0. The SMILES string of the molecule is CC.O=C(Cc1ccccc1)NC1CNC1.[HH]. The third-order valence-corrected chi connectivity index (χ3v) is 2.35. The fraction of sp³-hybridized carbons (Fsp3) is 0.462. The van der Waals surface area contributed by atoms with Gasteiger partial charge >= 0.3 is 0 Å². The van der Waals surface area contributed by atoms with Crippen LogP contribution in [-0.4, -0.2) is 25.0 Å². The van der Waals surface area contributed by atoms with Crippen molar-refractivity contribution < 1.29 is 6.22 Å². The number of nitrogens with one attached hydrogen (secondary N) is 2. The average molecular weight is 222 g/mol. The summed E-state index contributed by atoms with van der Waals surface area (Å²) in [6, 6.07) is 10.1. The minimum Gasteiger partial charge on any atom is -0.351 e. The molecule has 0 unspecified atom stereocenters. The van der Waals surface area contributed by atoms with Crippen LogP contribution in [-0.2, 0) is 11.2 Å². The van der Waals surface area contributed by atoms with Crippen molar-refractivity contribution in [2.24, 2.45) is 0 Å². The molecule has 0 spiro atoms. The highest BCUT2D eigenvalue weighted by Crippen LogP contribution is 2.00. The first-order chi connectivity index (χ1) is 7.84. The summed E-state index contributed by atoms with van der Waals surface area (Å²) in [5.74, 6) is 0.114. The predicted octanol–water partition coefficient (Wildman–Crippen LogP) is 1.59. The Labute approximate surface area is 98.7 Å². The van der Waals surface area contributed by atoms with Gasteiger partial charge in [-0.25, -0.2) is 0 Å². The molecule has 90 valence electrons. The molecule has 1 aromatic carbocycles. The molecule has 0 bridgehead atoms. The number of carbonyl (C=O) groups is 1. The standard InChI is InChI=1S/C11H14N2O.C2H6.H2/c14-11(13-10-7-12-8-10)6-9-4-2-1-3-5-9;1-2;/h1-5,10,12H,6-8H2,(H,13,14);1-2H3;1H. The van der Waals surface area contributed by atoms with Gasteiger partial charge in [0.05, 0.1) is 12.5 Å². The number of carbonyl (C=O) groups excluding carboxylic acids is 1. The molecule has 1 fully saturated rings. The smallest absolute Gasteiger partial charge is 0.224 e. The van der Waals surface area contributed by atoms with E-state index in [9.17, 15) is 4.79 Å². The van der Waals surface area contributed by atoms with Crippen LogP contribution in [0.2, 0.25) is 0 Å². The zero-order valence-electron chi connectivity index (χ0n) is 9.99. The molecule has 1 amide bonds. The molecule has 1 heterocycles. The van der Waals surface area contributed by atoms with Crippen LogP contribution in [0, 0.1) is 0 Å². The van der Waals surface area contributed by atoms with Gasteiger partial charge in [-0.2, -0.15) is 0 Å². The molecule has 3 nitrogen and oxygen atoms in total. The maximum Gasteiger partial charge on any atom is 0.224 e. The monoisotopic (exact) mass is 222 g/mol. The van der Waals surface area contributed by atoms with Gasteiger partial charge in [0.15, 0.2) is 0 Å². The molecule has 16 heavy (non-hydrogen) atoms. The van der Waals surface area contributed by atoms with Crippen LogP contribution in [0.15, 0.2) is 30.3 Å². The van der Waals surface area contributed by atoms with Gasteiger partial charge in [0.2, 0.25) is 5.91 Å². The Hall–Kier alpha value is -1.35. The molecule has 1 aliphatic heterocycles. The average Bonchev–Trinajstić information content (AvgIpc) is 2.28. The van der Waals surface area contributed by atoms with Gasteiger partial charge in [0.25, 0.3) is 0 Å². The largest absolute Gasteiger partial charge is 0.351 e. The van der Waals surface area contributed by atoms with Gasteiger partial charge in [-0.05, 0) is 5.56 Å². The third-order valence-electron chi connectivity index (χ3n) is 2.35. The van der Waals surface area contributed by atoms with E-state index in [-0.39, 0.29) is 7.33 Å². The van der Waals surface area contributed by atoms with Crippen LogP contribution in [0.4, 0.5) is 0 Å². The first-order valence-electron chi connectivity index (χ1n) is 5.88. The highest BCUT2D eigenvalue weighted by atomic mass is 16.1. The minimum atomic E-state index is 0. The van der Waals surface area contributed by atoms with E-state index in [1.165, 1.54) is 0 Å². The summed E-state index contributed by atoms with van der Waals surface area (Å²) in [5.41, 5.74) is 1.07. The van der Waals surface area contributed by atoms with E-state index in [1.807, 2.05) is 44.2 Å². The van der Waals surface area contributed by atoms with Gasteiger partial charge < -0.3 is 10.6 Å². The lowest BCUT2D eigenvalue weighted by atomic mass is 10.1. The van der Waals surface area contributed by atoms with Crippen LogP contribution in [0.25, 0.3) is 0 Å². The molecular formula is C13H22N2O. The Bertz CT molecular complexity index is 312. The highest BCUT2D eigenvalue weighted by molar-refractivity contribution is 5.79. The summed E-state index contributed by atoms with van der Waals surface area (Å²) in [6.07, 6.45) is 0.483. The van der Waals surface area contributed by atoms with Crippen LogP contribution in [0.1, 0.15) is 20.8 Å². The third kappa shape index (κ3) is 4.03. The summed E-state index contributed by atoms with van der Waals surface area (Å²) in [4.78, 5) is 11.5. The topological polar surface area (TPSA) is 41.1 Å². The summed E-state index contributed by atoms with van der Waals surface area (Å²) >= 11 is 0. The van der Waals surface area contributed by atoms with Gasteiger partial charge in [0, 0.05) is 14.5 Å². The van der Waals surface area contributed by atoms with Crippen molar-refractivity contribution in [3.63, 3.8) is 0 Å². The lowest BCUT2D eigenvalue weighted by Gasteiger charge is -2.27. The zero-order chi connectivity index (χ0) is 11.8. The maximum atomic E-state index is 11.5. The molecule has 0 aromatic heterocycles. The van der Waals surface area contributed by atoms with E-state index in [0.717, 1.165) is 18.7 Å². The number of hydrogen-bond acceptors (Lipinski definition) is 2. The quantitative estimate of drug-likeness (QED) is 0.815. The van der Waals surface area contributed by atoms with Crippen molar-refractivity contribution in [2.45, 2.75) is 26.3 Å². The molecule has 1 saturated heterocycles. The van der Waals surface area contributed by atoms with Gasteiger partial charge in [-0.15, -0.1) is 0 Å². The lowest BCUT2D eigenvalue weighted by molar-refractivity contribution is -0.121. The highest BCUT2D eigenvalue weighted by Gasteiger charge is 2.18. The normalized spacial score (nSPS) is 14.4. The summed E-state index contributed by atoms with van der Waals surface area (Å²) in [6.45, 7) is 5.81. The van der Waals surface area contributed by atoms with Crippen LogP contribution in [0.5, 0.6) is 0 Å². The Kier molecular flexibility index (Phi) is 5.57. The number of rotatable bonds is 3. The van der Waals surface area contributed by atoms with E-state index in [1.54, 1.807) is 0 Å². The second kappa shape index (κ2) is 7.01. The van der Waals surface area contributed by atoms with Crippen LogP contribution >= 0.6 is 0 Å². The Morgan fingerprint density at radius 2 is 2.00 bits per heavy atom. The van der Waals surface area contributed by atoms with E-state index < -0.39 is 0 Å². The predicted molar refractivity (Wildman–Crippen MR) is 68.4 cm³/mol. The second-order valence-electron chi connectivity index (χ2n) is 3.59. The Balaban J connectivity index is 0.000000811. The molecule has 2 N–H and O–H groups in total. The lowest BCUT2D eigenvalue weighted by Crippen LogP contribution is -2.57. The first kappa shape index (κ1) is 12.7. The number of hydrogen-bond donors (Lipinski definition) is 2. The molecule has 0 aliphatic carbocycles. The van der Waals surface area contributed by atoms with Crippen LogP contribution in [0.3, 0.4) is 0 Å². The minimum absolute atomic E-state index is 0. The number of amides is 1. The van der Waals surface area contributed by atoms with Crippen LogP contribution < -0.4 is 10.6 Å². The van der Waals surface area contributed by atoms with Crippen molar-refractivity contribution in [3.8, 4) is 0 Å². The summed E-state index contributed by atoms with van der Waals surface area (Å²) in [5, 5.41) is 6.08. The maximum absolute atomic E-state index is 11.5. The zero-order valence-corrected chi connectivity index (χ0v) is 9.99. The van der Waals surface area contributed by atoms with Crippen molar-refractivity contribution in [3.05, 3.63) is 35.9 Å². The molecule has 0 saturated carbocycles. The van der Waals surface area contributed by atoms with E-state index in [2.05, 4.69) is 10.6 Å². The number of benzene rings is 1. The van der Waals surface area contributed by atoms with E-state index in [4.69, 9.17) is 0 Å². The summed E-state index contributed by atoms with van der Waals surface area (Å²) < 4.78 is 0. The molecule has 0 radical (unpaired) electrons. The Morgan fingerprint density at radius 1 is 1.38 bits per heavy atom. The van der Waals surface area contributed by atoms with Gasteiger partial charge in [-0.3, -0.25) is 4.79 Å². The first-order valence-corrected chi connectivity index (χ1v) is 5.88. The molecule has 1 aliphatic rings.